The number of rotatable bonds is 3. The SMILES string of the molecule is CCCS[SH]=S.[NaH]. The molecular formula is C3H9NaS3. The van der Waals surface area contributed by atoms with E-state index in [0.717, 1.165) is 9.35 Å². The molecule has 0 nitrogen and oxygen atoms in total. The second-order valence-electron chi connectivity index (χ2n) is 0.908. The fourth-order valence-corrected chi connectivity index (χ4v) is 1.83. The third-order valence-corrected chi connectivity index (χ3v) is 2.86. The molecule has 0 aliphatic rings. The molecule has 0 rings (SSSR count). The summed E-state index contributed by atoms with van der Waals surface area (Å²) in [5.74, 6) is 1.21. The maximum absolute atomic E-state index is 4.65. The van der Waals surface area contributed by atoms with Crippen molar-refractivity contribution in [3.8, 4) is 0 Å². The summed E-state index contributed by atoms with van der Waals surface area (Å²) in [7, 11) is 2.84. The Bertz CT molecular complexity index is 39.2. The Kier molecular flexibility index (Phi) is 18.1. The van der Waals surface area contributed by atoms with Gasteiger partial charge in [0.2, 0.25) is 0 Å². The van der Waals surface area contributed by atoms with Crippen LogP contribution in [-0.2, 0) is 20.5 Å². The summed E-state index contributed by atoms with van der Waals surface area (Å²) in [5.41, 5.74) is 0. The van der Waals surface area contributed by atoms with Gasteiger partial charge < -0.3 is 0 Å². The van der Waals surface area contributed by atoms with Crippen molar-refractivity contribution in [2.45, 2.75) is 13.3 Å². The average molecular weight is 164 g/mol. The molecule has 7 heavy (non-hydrogen) atoms. The van der Waals surface area contributed by atoms with Crippen LogP contribution in [0.15, 0.2) is 0 Å². The zero-order valence-electron chi connectivity index (χ0n) is 3.68. The molecule has 0 bridgehead atoms. The van der Waals surface area contributed by atoms with Crippen LogP contribution in [0.25, 0.3) is 0 Å². The first kappa shape index (κ1) is 11.7. The topological polar surface area (TPSA) is 0 Å². The molecule has 0 aromatic carbocycles. The first-order valence-electron chi connectivity index (χ1n) is 1.86. The molecule has 0 amide bonds. The molecule has 0 spiro atoms. The van der Waals surface area contributed by atoms with Gasteiger partial charge >= 0.3 is 29.6 Å². The van der Waals surface area contributed by atoms with Crippen molar-refractivity contribution in [3.05, 3.63) is 0 Å². The third kappa shape index (κ3) is 11.5. The van der Waals surface area contributed by atoms with Gasteiger partial charge in [0.05, 0.1) is 0 Å². The Morgan fingerprint density at radius 2 is 2.29 bits per heavy atom. The Hall–Kier alpha value is 1.92. The Morgan fingerprint density at radius 3 is 2.43 bits per heavy atom. The van der Waals surface area contributed by atoms with Crippen LogP contribution < -0.4 is 0 Å². The fraction of sp³-hybridized carbons (Fsp3) is 1.00. The van der Waals surface area contributed by atoms with E-state index < -0.39 is 0 Å². The van der Waals surface area contributed by atoms with Gasteiger partial charge in [-0.3, -0.25) is 0 Å². The van der Waals surface area contributed by atoms with Crippen LogP contribution in [0.3, 0.4) is 0 Å². The number of hydrogen-bond acceptors (Lipinski definition) is 2. The summed E-state index contributed by atoms with van der Waals surface area (Å²) in [6.07, 6.45) is 1.24. The Labute approximate surface area is 79.1 Å². The predicted octanol–water partition coefficient (Wildman–Crippen LogP) is 0.673. The first-order chi connectivity index (χ1) is 2.91. The molecule has 0 unspecified atom stereocenters. The van der Waals surface area contributed by atoms with E-state index in [0.29, 0.717) is 0 Å². The quantitative estimate of drug-likeness (QED) is 0.282. The van der Waals surface area contributed by atoms with Crippen LogP contribution in [-0.4, -0.2) is 35.3 Å². The van der Waals surface area contributed by atoms with Crippen molar-refractivity contribution in [2.24, 2.45) is 0 Å². The maximum atomic E-state index is 4.65. The van der Waals surface area contributed by atoms with E-state index in [-0.39, 0.29) is 29.6 Å². The van der Waals surface area contributed by atoms with Crippen LogP contribution in [0, 0.1) is 0 Å². The van der Waals surface area contributed by atoms with Crippen molar-refractivity contribution in [2.75, 3.05) is 5.75 Å². The summed E-state index contributed by atoms with van der Waals surface area (Å²) in [4.78, 5) is 0. The fourth-order valence-electron chi connectivity index (χ4n) is 0.129. The van der Waals surface area contributed by atoms with Crippen LogP contribution in [0.2, 0.25) is 0 Å². The standard InChI is InChI=1S/C3H8S3.Na.H/c1-2-3-5-6-4;;/h6H,2-3H2,1H3;;. The molecule has 4 heteroatoms. The summed E-state index contributed by atoms with van der Waals surface area (Å²) in [6, 6.07) is 0. The zero-order valence-corrected chi connectivity index (χ0v) is 6.21. The summed E-state index contributed by atoms with van der Waals surface area (Å²) in [6.45, 7) is 2.16. The van der Waals surface area contributed by atoms with Gasteiger partial charge in [0.1, 0.15) is 0 Å². The molecule has 0 atom stereocenters. The molecule has 40 valence electrons. The Balaban J connectivity index is 0. The van der Waals surface area contributed by atoms with Gasteiger partial charge in [0.25, 0.3) is 0 Å². The molecule has 0 aromatic rings. The van der Waals surface area contributed by atoms with Gasteiger partial charge in [-0.05, 0) is 17.6 Å². The molecule has 0 radical (unpaired) electrons. The second-order valence-corrected chi connectivity index (χ2v) is 4.29. The summed E-state index contributed by atoms with van der Waals surface area (Å²) >= 11 is 4.65. The van der Waals surface area contributed by atoms with Crippen LogP contribution >= 0.6 is 10.8 Å². The number of thiol groups is 1. The van der Waals surface area contributed by atoms with Gasteiger partial charge in [-0.1, -0.05) is 27.1 Å². The normalized spacial score (nSPS) is 7.57. The Morgan fingerprint density at radius 1 is 1.71 bits per heavy atom. The van der Waals surface area contributed by atoms with E-state index in [4.69, 9.17) is 0 Å². The van der Waals surface area contributed by atoms with Gasteiger partial charge in [0, 0.05) is 5.75 Å². The minimum atomic E-state index is 0. The molecule has 0 aliphatic heterocycles. The van der Waals surface area contributed by atoms with Crippen molar-refractivity contribution in [1.29, 1.82) is 0 Å². The van der Waals surface area contributed by atoms with E-state index in [1.165, 1.54) is 12.2 Å². The van der Waals surface area contributed by atoms with E-state index in [9.17, 15) is 0 Å². The summed E-state index contributed by atoms with van der Waals surface area (Å²) < 4.78 is 0. The van der Waals surface area contributed by atoms with Crippen LogP contribution in [0.1, 0.15) is 13.3 Å². The zero-order chi connectivity index (χ0) is 4.83. The van der Waals surface area contributed by atoms with Gasteiger partial charge in [0.15, 0.2) is 0 Å². The number of hydrogen-bond donors (Lipinski definition) is 1. The molecular weight excluding hydrogens is 155 g/mol. The second kappa shape index (κ2) is 10.8. The van der Waals surface area contributed by atoms with E-state index >= 15 is 0 Å². The minimum absolute atomic E-state index is 0. The van der Waals surface area contributed by atoms with Crippen molar-refractivity contribution >= 4 is 60.9 Å². The van der Waals surface area contributed by atoms with Gasteiger partial charge in [-0.25, -0.2) is 0 Å². The van der Waals surface area contributed by atoms with Crippen molar-refractivity contribution < 1.29 is 0 Å². The average Bonchev–Trinajstić information content (AvgIpc) is 1.61. The molecule has 0 aromatic heterocycles. The molecule has 0 N–H and O–H groups in total. The van der Waals surface area contributed by atoms with Crippen LogP contribution in [0.4, 0.5) is 0 Å². The molecule has 0 heterocycles. The predicted molar refractivity (Wildman–Crippen MR) is 46.0 cm³/mol. The van der Waals surface area contributed by atoms with Gasteiger partial charge in [-0.2, -0.15) is 0 Å². The first-order valence-corrected chi connectivity index (χ1v) is 5.36. The molecule has 0 saturated carbocycles. The molecule has 0 saturated heterocycles. The van der Waals surface area contributed by atoms with Crippen molar-refractivity contribution in [1.82, 2.24) is 0 Å². The van der Waals surface area contributed by atoms with E-state index in [1.54, 1.807) is 10.8 Å². The summed E-state index contributed by atoms with van der Waals surface area (Å²) in [5, 5.41) is 0. The molecule has 0 aliphatic carbocycles. The van der Waals surface area contributed by atoms with Gasteiger partial charge in [-0.15, -0.1) is 0 Å². The monoisotopic (exact) mass is 164 g/mol. The van der Waals surface area contributed by atoms with E-state index in [2.05, 4.69) is 18.1 Å². The molecule has 0 fully saturated rings. The van der Waals surface area contributed by atoms with Crippen LogP contribution in [0.5, 0.6) is 0 Å². The van der Waals surface area contributed by atoms with E-state index in [1.807, 2.05) is 0 Å². The van der Waals surface area contributed by atoms with Crippen molar-refractivity contribution in [3.63, 3.8) is 0 Å². The third-order valence-electron chi connectivity index (χ3n) is 0.348.